The SMILES string of the molecule is CNC(=O)c1ccc(-c2cc(OC)c(Nc3ccc(Cl)c(Nc4ccccc4C(N)=O)c3)cc2C(=O)OC)cc1. The van der Waals surface area contributed by atoms with Crippen LogP contribution in [0, 0.1) is 0 Å². The Bertz CT molecular complexity index is 1590. The van der Waals surface area contributed by atoms with Crippen molar-refractivity contribution in [2.24, 2.45) is 5.73 Å². The molecule has 4 aromatic rings. The van der Waals surface area contributed by atoms with Crippen molar-refractivity contribution in [3.63, 3.8) is 0 Å². The third-order valence-corrected chi connectivity index (χ3v) is 6.47. The Morgan fingerprint density at radius 1 is 0.800 bits per heavy atom. The Morgan fingerprint density at radius 2 is 1.52 bits per heavy atom. The molecular formula is C30H27ClN4O5. The summed E-state index contributed by atoms with van der Waals surface area (Å²) in [5.41, 5.74) is 10.0. The molecular weight excluding hydrogens is 532 g/mol. The molecule has 0 fully saturated rings. The van der Waals surface area contributed by atoms with Gasteiger partial charge in [0.2, 0.25) is 0 Å². The molecule has 10 heteroatoms. The van der Waals surface area contributed by atoms with Crippen LogP contribution in [0.4, 0.5) is 22.7 Å². The fourth-order valence-corrected chi connectivity index (χ4v) is 4.28. The first-order chi connectivity index (χ1) is 19.2. The van der Waals surface area contributed by atoms with Gasteiger partial charge in [-0.1, -0.05) is 35.9 Å². The molecule has 0 aliphatic rings. The van der Waals surface area contributed by atoms with Gasteiger partial charge in [-0.15, -0.1) is 0 Å². The number of anilines is 4. The lowest BCUT2D eigenvalue weighted by Gasteiger charge is -2.18. The number of rotatable bonds is 9. The van der Waals surface area contributed by atoms with E-state index in [1.165, 1.54) is 14.2 Å². The topological polar surface area (TPSA) is 132 Å². The van der Waals surface area contributed by atoms with E-state index in [1.54, 1.807) is 85.9 Å². The van der Waals surface area contributed by atoms with E-state index in [0.717, 1.165) is 0 Å². The third-order valence-electron chi connectivity index (χ3n) is 6.14. The zero-order valence-electron chi connectivity index (χ0n) is 22.0. The Kier molecular flexibility index (Phi) is 8.56. The Morgan fingerprint density at radius 3 is 2.17 bits per heavy atom. The number of halogens is 1. The van der Waals surface area contributed by atoms with E-state index in [4.69, 9.17) is 26.8 Å². The number of para-hydroxylation sites is 1. The van der Waals surface area contributed by atoms with Crippen LogP contribution in [0.2, 0.25) is 5.02 Å². The molecule has 0 saturated carbocycles. The minimum absolute atomic E-state index is 0.216. The number of nitrogens with two attached hydrogens (primary N) is 1. The van der Waals surface area contributed by atoms with Crippen LogP contribution < -0.4 is 26.4 Å². The van der Waals surface area contributed by atoms with Gasteiger partial charge in [-0.2, -0.15) is 0 Å². The highest BCUT2D eigenvalue weighted by molar-refractivity contribution is 6.33. The van der Waals surface area contributed by atoms with E-state index in [9.17, 15) is 14.4 Å². The van der Waals surface area contributed by atoms with Crippen LogP contribution in [0.5, 0.6) is 5.75 Å². The van der Waals surface area contributed by atoms with Crippen LogP contribution in [0.15, 0.2) is 78.9 Å². The summed E-state index contributed by atoms with van der Waals surface area (Å²) < 4.78 is 10.7. The van der Waals surface area contributed by atoms with Gasteiger partial charge >= 0.3 is 5.97 Å². The fourth-order valence-electron chi connectivity index (χ4n) is 4.12. The number of primary amides is 1. The van der Waals surface area contributed by atoms with Gasteiger partial charge in [0, 0.05) is 18.3 Å². The Hall–Kier alpha value is -5.02. The first-order valence-corrected chi connectivity index (χ1v) is 12.5. The van der Waals surface area contributed by atoms with Crippen LogP contribution >= 0.6 is 11.6 Å². The van der Waals surface area contributed by atoms with E-state index >= 15 is 0 Å². The van der Waals surface area contributed by atoms with Gasteiger partial charge in [0.15, 0.2) is 0 Å². The normalized spacial score (nSPS) is 10.4. The average Bonchev–Trinajstić information content (AvgIpc) is 2.98. The predicted octanol–water partition coefficient (Wildman–Crippen LogP) is 5.75. The van der Waals surface area contributed by atoms with Crippen molar-refractivity contribution in [2.45, 2.75) is 0 Å². The molecule has 0 bridgehead atoms. The van der Waals surface area contributed by atoms with E-state index in [1.807, 2.05) is 0 Å². The number of esters is 1. The molecule has 0 atom stereocenters. The summed E-state index contributed by atoms with van der Waals surface area (Å²) in [5.74, 6) is -0.872. The summed E-state index contributed by atoms with van der Waals surface area (Å²) in [6.07, 6.45) is 0. The predicted molar refractivity (Wildman–Crippen MR) is 156 cm³/mol. The number of carbonyl (C=O) groups is 3. The second kappa shape index (κ2) is 12.2. The number of amides is 2. The summed E-state index contributed by atoms with van der Waals surface area (Å²) in [7, 11) is 4.38. The van der Waals surface area contributed by atoms with E-state index in [0.29, 0.717) is 61.3 Å². The maximum Gasteiger partial charge on any atom is 0.338 e. The van der Waals surface area contributed by atoms with Crippen LogP contribution in [-0.4, -0.2) is 39.1 Å². The number of carbonyl (C=O) groups excluding carboxylic acids is 3. The zero-order chi connectivity index (χ0) is 28.8. The summed E-state index contributed by atoms with van der Waals surface area (Å²) in [6, 6.07) is 22.2. The standard InChI is InChI=1S/C30H27ClN4O5/c1-33-29(37)18-10-8-17(9-11-18)21-16-27(39-2)26(15-22(21)30(38)40-3)34-19-12-13-23(31)25(14-19)35-24-7-5-4-6-20(24)28(32)36/h4-16,34-35H,1-3H3,(H2,32,36)(H,33,37). The lowest BCUT2D eigenvalue weighted by Crippen LogP contribution is -2.17. The first kappa shape index (κ1) is 28.0. The zero-order valence-corrected chi connectivity index (χ0v) is 22.8. The number of hydrogen-bond donors (Lipinski definition) is 4. The fraction of sp³-hybridized carbons (Fsp3) is 0.100. The van der Waals surface area contributed by atoms with Gasteiger partial charge < -0.3 is 31.2 Å². The maximum atomic E-state index is 12.8. The molecule has 0 aromatic heterocycles. The average molecular weight is 559 g/mol. The third kappa shape index (κ3) is 6.00. The van der Waals surface area contributed by atoms with Crippen molar-refractivity contribution in [1.82, 2.24) is 5.32 Å². The molecule has 4 aromatic carbocycles. The minimum Gasteiger partial charge on any atom is -0.495 e. The number of methoxy groups -OCH3 is 2. The van der Waals surface area contributed by atoms with Crippen LogP contribution in [0.25, 0.3) is 11.1 Å². The maximum absolute atomic E-state index is 12.8. The molecule has 0 aliphatic heterocycles. The van der Waals surface area contributed by atoms with Crippen LogP contribution in [-0.2, 0) is 4.74 Å². The molecule has 204 valence electrons. The second-order valence-corrected chi connectivity index (χ2v) is 9.01. The largest absolute Gasteiger partial charge is 0.495 e. The molecule has 0 unspecified atom stereocenters. The molecule has 0 saturated heterocycles. The van der Waals surface area contributed by atoms with Crippen molar-refractivity contribution in [3.05, 3.63) is 101 Å². The van der Waals surface area contributed by atoms with Crippen LogP contribution in [0.1, 0.15) is 31.1 Å². The van der Waals surface area contributed by atoms with E-state index < -0.39 is 11.9 Å². The molecule has 5 N–H and O–H groups in total. The second-order valence-electron chi connectivity index (χ2n) is 8.60. The highest BCUT2D eigenvalue weighted by Gasteiger charge is 2.19. The van der Waals surface area contributed by atoms with Crippen molar-refractivity contribution < 1.29 is 23.9 Å². The van der Waals surface area contributed by atoms with Crippen molar-refractivity contribution in [3.8, 4) is 16.9 Å². The molecule has 0 aliphatic carbocycles. The molecule has 0 spiro atoms. The van der Waals surface area contributed by atoms with Gasteiger partial charge in [0.25, 0.3) is 11.8 Å². The number of hydrogen-bond acceptors (Lipinski definition) is 7. The van der Waals surface area contributed by atoms with Gasteiger partial charge in [-0.05, 0) is 65.7 Å². The highest BCUT2D eigenvalue weighted by atomic mass is 35.5. The summed E-state index contributed by atoms with van der Waals surface area (Å²) >= 11 is 6.44. The highest BCUT2D eigenvalue weighted by Crippen LogP contribution is 2.38. The molecule has 40 heavy (non-hydrogen) atoms. The Balaban J connectivity index is 1.72. The van der Waals surface area contributed by atoms with Gasteiger partial charge in [0.05, 0.1) is 47.4 Å². The quantitative estimate of drug-likeness (QED) is 0.192. The number of nitrogens with one attached hydrogen (secondary N) is 3. The molecule has 2 amide bonds. The summed E-state index contributed by atoms with van der Waals surface area (Å²) in [5, 5.41) is 9.43. The van der Waals surface area contributed by atoms with Crippen molar-refractivity contribution >= 4 is 52.1 Å². The van der Waals surface area contributed by atoms with Crippen molar-refractivity contribution in [2.75, 3.05) is 31.9 Å². The van der Waals surface area contributed by atoms with Gasteiger partial charge in [-0.3, -0.25) is 9.59 Å². The van der Waals surface area contributed by atoms with Gasteiger partial charge in [0.1, 0.15) is 5.75 Å². The lowest BCUT2D eigenvalue weighted by atomic mass is 9.97. The molecule has 0 heterocycles. The monoisotopic (exact) mass is 558 g/mol. The molecule has 0 radical (unpaired) electrons. The minimum atomic E-state index is -0.572. The molecule has 9 nitrogen and oxygen atoms in total. The van der Waals surface area contributed by atoms with E-state index in [-0.39, 0.29) is 5.91 Å². The smallest absolute Gasteiger partial charge is 0.338 e. The van der Waals surface area contributed by atoms with Gasteiger partial charge in [-0.25, -0.2) is 4.79 Å². The van der Waals surface area contributed by atoms with Crippen LogP contribution in [0.3, 0.4) is 0 Å². The summed E-state index contributed by atoms with van der Waals surface area (Å²) in [6.45, 7) is 0. The lowest BCUT2D eigenvalue weighted by molar-refractivity contribution is 0.0601. The summed E-state index contributed by atoms with van der Waals surface area (Å²) in [4.78, 5) is 36.6. The number of benzene rings is 4. The number of ether oxygens (including phenoxy) is 2. The first-order valence-electron chi connectivity index (χ1n) is 12.1. The Labute approximate surface area is 236 Å². The molecule has 4 rings (SSSR count). The van der Waals surface area contributed by atoms with E-state index in [2.05, 4.69) is 16.0 Å². The van der Waals surface area contributed by atoms with Crippen molar-refractivity contribution in [1.29, 1.82) is 0 Å².